The van der Waals surface area contributed by atoms with Crippen LogP contribution < -0.4 is 5.32 Å². The van der Waals surface area contributed by atoms with Crippen molar-refractivity contribution in [1.29, 1.82) is 0 Å². The van der Waals surface area contributed by atoms with Crippen molar-refractivity contribution in [3.63, 3.8) is 0 Å². The van der Waals surface area contributed by atoms with Crippen LogP contribution in [-0.4, -0.2) is 26.5 Å². The molecule has 0 aliphatic carbocycles. The number of aromatic nitrogens is 2. The highest BCUT2D eigenvalue weighted by molar-refractivity contribution is 6.02. The number of para-hydroxylation sites is 2. The molecular weight excluding hydrogens is 462 g/mol. The fourth-order valence-electron chi connectivity index (χ4n) is 5.36. The fourth-order valence-corrected chi connectivity index (χ4v) is 5.36. The van der Waals surface area contributed by atoms with E-state index in [4.69, 9.17) is 5.11 Å². The number of rotatable bonds is 7. The minimum atomic E-state index is -1.16. The summed E-state index contributed by atoms with van der Waals surface area (Å²) in [7, 11) is 2.10. The minimum absolute atomic E-state index is 0.00793. The van der Waals surface area contributed by atoms with E-state index in [2.05, 4.69) is 77.5 Å². The molecule has 6 nitrogen and oxygen atoms in total. The van der Waals surface area contributed by atoms with Crippen LogP contribution in [0.2, 0.25) is 0 Å². The summed E-state index contributed by atoms with van der Waals surface area (Å²) in [6.07, 6.45) is 4.64. The van der Waals surface area contributed by atoms with E-state index < -0.39 is 11.9 Å². The van der Waals surface area contributed by atoms with E-state index in [-0.39, 0.29) is 5.92 Å². The highest BCUT2D eigenvalue weighted by atomic mass is 16.4. The number of nitrogens with one attached hydrogen (secondary N) is 2. The molecule has 0 saturated heterocycles. The van der Waals surface area contributed by atoms with Crippen molar-refractivity contribution in [3.8, 4) is 0 Å². The van der Waals surface area contributed by atoms with E-state index in [1.807, 2.05) is 31.2 Å². The smallest absolute Gasteiger partial charge is 0.328 e. The number of aromatic amines is 1. The number of benzene rings is 3. The second-order valence-electron chi connectivity index (χ2n) is 9.38. The number of nitrogens with zero attached hydrogens (tertiary/aromatic N) is 1. The van der Waals surface area contributed by atoms with Gasteiger partial charge in [0.25, 0.3) is 0 Å². The Morgan fingerprint density at radius 1 is 0.973 bits per heavy atom. The van der Waals surface area contributed by atoms with Crippen LogP contribution in [-0.2, 0) is 23.1 Å². The van der Waals surface area contributed by atoms with Crippen molar-refractivity contribution < 1.29 is 14.7 Å². The summed E-state index contributed by atoms with van der Waals surface area (Å²) in [5, 5.41) is 14.2. The molecule has 0 aliphatic rings. The third-order valence-corrected chi connectivity index (χ3v) is 7.25. The molecule has 5 aromatic rings. The lowest BCUT2D eigenvalue weighted by atomic mass is 9.82. The summed E-state index contributed by atoms with van der Waals surface area (Å²) in [5.74, 6) is -1.63. The SMILES string of the molecule is Cc1cccc(NC(=O)/C=C/C(=O)O)c1CC(c1c[nH]c2ccccc12)c1c(C)n(C)c2ccccc12. The molecule has 186 valence electrons. The largest absolute Gasteiger partial charge is 0.478 e. The molecule has 2 heterocycles. The van der Waals surface area contributed by atoms with Gasteiger partial charge in [-0.2, -0.15) is 0 Å². The molecule has 0 aliphatic heterocycles. The molecule has 0 spiro atoms. The number of H-pyrrole nitrogens is 1. The predicted octanol–water partition coefficient (Wildman–Crippen LogP) is 6.23. The molecular formula is C31H29N3O3. The number of hydrogen-bond donors (Lipinski definition) is 3. The van der Waals surface area contributed by atoms with Crippen LogP contribution in [0, 0.1) is 13.8 Å². The van der Waals surface area contributed by atoms with Crippen LogP contribution in [0.3, 0.4) is 0 Å². The summed E-state index contributed by atoms with van der Waals surface area (Å²) in [6, 6.07) is 22.6. The number of hydrogen-bond acceptors (Lipinski definition) is 2. The number of carbonyl (C=O) groups excluding carboxylic acids is 1. The Kier molecular flexibility index (Phi) is 6.40. The molecule has 3 aromatic carbocycles. The Balaban J connectivity index is 1.68. The topological polar surface area (TPSA) is 87.1 Å². The molecule has 1 unspecified atom stereocenters. The van der Waals surface area contributed by atoms with Gasteiger partial charge in [0.15, 0.2) is 0 Å². The number of aryl methyl sites for hydroxylation is 2. The standard InChI is InChI=1S/C31H29N3O3/c1-19-9-8-13-27(33-29(35)15-16-30(36)37)23(19)17-24(25-18-32-26-12-6-4-10-21(25)26)31-20(2)34(3)28-14-7-5-11-22(28)31/h4-16,18,24,32H,17H2,1-3H3,(H,33,35)(H,36,37)/b16-15+. The maximum Gasteiger partial charge on any atom is 0.328 e. The van der Waals surface area contributed by atoms with Gasteiger partial charge in [-0.3, -0.25) is 4.79 Å². The quantitative estimate of drug-likeness (QED) is 0.236. The zero-order valence-electron chi connectivity index (χ0n) is 21.1. The molecule has 1 amide bonds. The third kappa shape index (κ3) is 4.54. The molecule has 1 atom stereocenters. The van der Waals surface area contributed by atoms with E-state index in [9.17, 15) is 9.59 Å². The number of aliphatic carboxylic acids is 1. The average molecular weight is 492 g/mol. The second kappa shape index (κ2) is 9.82. The van der Waals surface area contributed by atoms with Crippen LogP contribution in [0.4, 0.5) is 5.69 Å². The molecule has 6 heteroatoms. The summed E-state index contributed by atoms with van der Waals surface area (Å²) in [4.78, 5) is 26.8. The van der Waals surface area contributed by atoms with Crippen molar-refractivity contribution >= 4 is 39.4 Å². The normalized spacial score (nSPS) is 12.4. The number of fused-ring (bicyclic) bond motifs is 2. The highest BCUT2D eigenvalue weighted by Crippen LogP contribution is 2.41. The van der Waals surface area contributed by atoms with Crippen LogP contribution in [0.1, 0.15) is 33.9 Å². The lowest BCUT2D eigenvalue weighted by Crippen LogP contribution is -2.14. The van der Waals surface area contributed by atoms with Crippen LogP contribution in [0.5, 0.6) is 0 Å². The minimum Gasteiger partial charge on any atom is -0.478 e. The Morgan fingerprint density at radius 2 is 1.70 bits per heavy atom. The van der Waals surface area contributed by atoms with E-state index >= 15 is 0 Å². The van der Waals surface area contributed by atoms with Gasteiger partial charge in [-0.15, -0.1) is 0 Å². The summed E-state index contributed by atoms with van der Waals surface area (Å²) in [5.41, 5.74) is 8.66. The number of carbonyl (C=O) groups is 2. The molecule has 2 aromatic heterocycles. The molecule has 5 rings (SSSR count). The number of carboxylic acid groups (broad SMARTS) is 1. The maximum atomic E-state index is 12.5. The van der Waals surface area contributed by atoms with E-state index in [0.29, 0.717) is 12.1 Å². The van der Waals surface area contributed by atoms with Gasteiger partial charge in [-0.05, 0) is 60.7 Å². The molecule has 0 saturated carbocycles. The van der Waals surface area contributed by atoms with Crippen molar-refractivity contribution in [2.75, 3.05) is 5.32 Å². The first kappa shape index (κ1) is 24.1. The van der Waals surface area contributed by atoms with Gasteiger partial charge in [0.05, 0.1) is 0 Å². The maximum absolute atomic E-state index is 12.5. The lowest BCUT2D eigenvalue weighted by Gasteiger charge is -2.22. The van der Waals surface area contributed by atoms with E-state index in [1.165, 1.54) is 33.1 Å². The van der Waals surface area contributed by atoms with Crippen molar-refractivity contribution in [2.24, 2.45) is 7.05 Å². The van der Waals surface area contributed by atoms with Crippen molar-refractivity contribution in [2.45, 2.75) is 26.2 Å². The first-order valence-corrected chi connectivity index (χ1v) is 12.3. The van der Waals surface area contributed by atoms with Gasteiger partial charge in [-0.1, -0.05) is 48.5 Å². The van der Waals surface area contributed by atoms with Gasteiger partial charge in [0, 0.05) is 64.5 Å². The fraction of sp³-hybridized carbons (Fsp3) is 0.161. The Bertz CT molecular complexity index is 1670. The highest BCUT2D eigenvalue weighted by Gasteiger charge is 2.26. The van der Waals surface area contributed by atoms with Crippen molar-refractivity contribution in [1.82, 2.24) is 9.55 Å². The van der Waals surface area contributed by atoms with Gasteiger partial charge in [0.2, 0.25) is 5.91 Å². The second-order valence-corrected chi connectivity index (χ2v) is 9.38. The van der Waals surface area contributed by atoms with Gasteiger partial charge in [-0.25, -0.2) is 4.79 Å². The Morgan fingerprint density at radius 3 is 2.49 bits per heavy atom. The predicted molar refractivity (Wildman–Crippen MR) is 148 cm³/mol. The summed E-state index contributed by atoms with van der Waals surface area (Å²) < 4.78 is 2.24. The first-order valence-electron chi connectivity index (χ1n) is 12.3. The molecule has 0 radical (unpaired) electrons. The van der Waals surface area contributed by atoms with E-state index in [1.54, 1.807) is 0 Å². The van der Waals surface area contributed by atoms with Gasteiger partial charge >= 0.3 is 5.97 Å². The Labute approximate surface area is 215 Å². The van der Waals surface area contributed by atoms with Crippen LogP contribution in [0.25, 0.3) is 21.8 Å². The first-order chi connectivity index (χ1) is 17.8. The van der Waals surface area contributed by atoms with Gasteiger partial charge in [0.1, 0.15) is 0 Å². The number of carboxylic acids is 1. The molecule has 3 N–H and O–H groups in total. The average Bonchev–Trinajstić information content (AvgIpc) is 3.42. The van der Waals surface area contributed by atoms with Crippen LogP contribution in [0.15, 0.2) is 85.1 Å². The zero-order chi connectivity index (χ0) is 26.1. The van der Waals surface area contributed by atoms with Crippen molar-refractivity contribution in [3.05, 3.63) is 113 Å². The van der Waals surface area contributed by atoms with E-state index in [0.717, 1.165) is 28.8 Å². The lowest BCUT2D eigenvalue weighted by molar-refractivity contribution is -0.131. The van der Waals surface area contributed by atoms with Crippen LogP contribution >= 0.6 is 0 Å². The molecule has 37 heavy (non-hydrogen) atoms. The zero-order valence-corrected chi connectivity index (χ0v) is 21.1. The monoisotopic (exact) mass is 491 g/mol. The third-order valence-electron chi connectivity index (χ3n) is 7.25. The van der Waals surface area contributed by atoms with Gasteiger partial charge < -0.3 is 20.0 Å². The molecule has 0 bridgehead atoms. The Hall–Kier alpha value is -4.58. The number of anilines is 1. The number of amides is 1. The molecule has 0 fully saturated rings. The summed E-state index contributed by atoms with van der Waals surface area (Å²) >= 11 is 0. The summed E-state index contributed by atoms with van der Waals surface area (Å²) in [6.45, 7) is 4.20.